The van der Waals surface area contributed by atoms with Crippen LogP contribution in [0.25, 0.3) is 0 Å². The Hall–Kier alpha value is -2.47. The summed E-state index contributed by atoms with van der Waals surface area (Å²) in [7, 11) is 0. The summed E-state index contributed by atoms with van der Waals surface area (Å²) in [6.07, 6.45) is -6.43. The van der Waals surface area contributed by atoms with Crippen molar-refractivity contribution in [2.45, 2.75) is 31.2 Å². The van der Waals surface area contributed by atoms with Crippen LogP contribution in [0.4, 0.5) is 23.4 Å². The van der Waals surface area contributed by atoms with Crippen molar-refractivity contribution in [2.75, 3.05) is 5.32 Å². The van der Waals surface area contributed by atoms with E-state index < -0.39 is 47.7 Å². The van der Waals surface area contributed by atoms with Crippen molar-refractivity contribution in [2.24, 2.45) is 10.7 Å². The minimum Gasteiger partial charge on any atom is -0.452 e. The lowest BCUT2D eigenvalue weighted by molar-refractivity contribution is -0.208. The number of hydrogen-bond donors (Lipinski definition) is 2. The lowest BCUT2D eigenvalue weighted by atomic mass is 9.89. The first kappa shape index (κ1) is 22.2. The molecule has 30 heavy (non-hydrogen) atoms. The predicted octanol–water partition coefficient (Wildman–Crippen LogP) is 4.17. The van der Waals surface area contributed by atoms with E-state index in [1.54, 1.807) is 0 Å². The smallest absolute Gasteiger partial charge is 0.425 e. The highest BCUT2D eigenvalue weighted by Gasteiger charge is 2.50. The van der Waals surface area contributed by atoms with Gasteiger partial charge in [-0.1, -0.05) is 11.6 Å². The van der Waals surface area contributed by atoms with E-state index in [0.29, 0.717) is 4.47 Å². The first-order valence-corrected chi connectivity index (χ1v) is 9.44. The first-order valence-electron chi connectivity index (χ1n) is 8.27. The predicted molar refractivity (Wildman–Crippen MR) is 104 cm³/mol. The van der Waals surface area contributed by atoms with Crippen molar-refractivity contribution in [3.8, 4) is 0 Å². The third-order valence-electron chi connectivity index (χ3n) is 4.19. The highest BCUT2D eigenvalue weighted by molar-refractivity contribution is 9.10. The summed E-state index contributed by atoms with van der Waals surface area (Å²) in [6.45, 7) is 1.24. The number of amidine groups is 1. The van der Waals surface area contributed by atoms with Gasteiger partial charge >= 0.3 is 6.18 Å². The Bertz CT molecular complexity index is 1040. The second kappa shape index (κ2) is 7.99. The molecule has 2 aromatic heterocycles. The Balaban J connectivity index is 1.93. The number of nitrogens with one attached hydrogen (secondary N) is 1. The molecule has 0 fully saturated rings. The Morgan fingerprint density at radius 1 is 1.43 bits per heavy atom. The van der Waals surface area contributed by atoms with Crippen LogP contribution in [-0.2, 0) is 10.3 Å². The van der Waals surface area contributed by atoms with Gasteiger partial charge in [-0.25, -0.2) is 19.4 Å². The number of amides is 1. The highest BCUT2D eigenvalue weighted by atomic mass is 79.9. The largest absolute Gasteiger partial charge is 0.452 e. The minimum absolute atomic E-state index is 0.0472. The van der Waals surface area contributed by atoms with Crippen LogP contribution in [0.5, 0.6) is 0 Å². The number of carbonyl (C=O) groups is 1. The maximum atomic E-state index is 14.5. The van der Waals surface area contributed by atoms with Gasteiger partial charge in [-0.15, -0.1) is 0 Å². The number of rotatable bonds is 3. The Labute approximate surface area is 180 Å². The van der Waals surface area contributed by atoms with Crippen molar-refractivity contribution >= 4 is 45.3 Å². The number of carbonyl (C=O) groups excluding carboxylic acids is 1. The lowest BCUT2D eigenvalue weighted by Gasteiger charge is -2.35. The second-order valence-corrected chi connectivity index (χ2v) is 7.86. The van der Waals surface area contributed by atoms with Gasteiger partial charge in [0.2, 0.25) is 0 Å². The fourth-order valence-corrected chi connectivity index (χ4v) is 3.56. The quantitative estimate of drug-likeness (QED) is 0.604. The van der Waals surface area contributed by atoms with E-state index in [4.69, 9.17) is 17.3 Å². The second-order valence-electron chi connectivity index (χ2n) is 6.54. The number of alkyl halides is 3. The van der Waals surface area contributed by atoms with Crippen LogP contribution in [0, 0.1) is 5.82 Å². The fraction of sp³-hybridized carbons (Fsp3) is 0.294. The third kappa shape index (κ3) is 4.64. The zero-order chi connectivity index (χ0) is 22.3. The van der Waals surface area contributed by atoms with Crippen molar-refractivity contribution in [3.63, 3.8) is 0 Å². The number of nitrogens with two attached hydrogens (primary N) is 1. The molecule has 2 aromatic rings. The molecule has 0 aromatic carbocycles. The fourth-order valence-electron chi connectivity index (χ4n) is 2.84. The number of aromatic nitrogens is 2. The Morgan fingerprint density at radius 2 is 2.13 bits per heavy atom. The number of ether oxygens (including phenoxy) is 1. The van der Waals surface area contributed by atoms with E-state index in [0.717, 1.165) is 12.1 Å². The van der Waals surface area contributed by atoms with Crippen LogP contribution in [-0.4, -0.2) is 34.2 Å². The number of hydrogen-bond acceptors (Lipinski definition) is 6. The van der Waals surface area contributed by atoms with Crippen molar-refractivity contribution in [1.82, 2.24) is 9.97 Å². The molecule has 1 amide bonds. The van der Waals surface area contributed by atoms with E-state index >= 15 is 0 Å². The third-order valence-corrected chi connectivity index (χ3v) is 4.91. The van der Waals surface area contributed by atoms with E-state index in [-0.39, 0.29) is 16.5 Å². The summed E-state index contributed by atoms with van der Waals surface area (Å²) < 4.78 is 59.0. The maximum absolute atomic E-state index is 14.5. The lowest BCUT2D eigenvalue weighted by Crippen LogP contribution is -2.46. The first-order chi connectivity index (χ1) is 13.9. The highest BCUT2D eigenvalue weighted by Crippen LogP contribution is 2.40. The number of nitrogens with zero attached hydrogens (tertiary/aromatic N) is 3. The molecule has 2 unspecified atom stereocenters. The van der Waals surface area contributed by atoms with Crippen molar-refractivity contribution < 1.29 is 27.1 Å². The number of anilines is 1. The van der Waals surface area contributed by atoms with Gasteiger partial charge in [0.15, 0.2) is 6.10 Å². The zero-order valence-electron chi connectivity index (χ0n) is 15.1. The zero-order valence-corrected chi connectivity index (χ0v) is 17.4. The molecule has 1 aliphatic heterocycles. The summed E-state index contributed by atoms with van der Waals surface area (Å²) >= 11 is 9.14. The molecule has 0 radical (unpaired) electrons. The van der Waals surface area contributed by atoms with E-state index in [1.807, 2.05) is 0 Å². The topological polar surface area (TPSA) is 102 Å². The summed E-state index contributed by atoms with van der Waals surface area (Å²) in [6, 6.07) is 2.79. The molecule has 2 atom stereocenters. The monoisotopic (exact) mass is 509 g/mol. The molecular formula is C17H13BrClF4N5O2. The van der Waals surface area contributed by atoms with E-state index in [9.17, 15) is 22.4 Å². The van der Waals surface area contributed by atoms with Gasteiger partial charge in [0.25, 0.3) is 11.9 Å². The molecule has 3 N–H and O–H groups in total. The van der Waals surface area contributed by atoms with E-state index in [1.165, 1.54) is 19.2 Å². The Morgan fingerprint density at radius 3 is 2.77 bits per heavy atom. The van der Waals surface area contributed by atoms with Crippen LogP contribution < -0.4 is 11.1 Å². The van der Waals surface area contributed by atoms with Crippen molar-refractivity contribution in [1.29, 1.82) is 0 Å². The Kier molecular flexibility index (Phi) is 5.92. The standard InChI is InChI=1S/C17H13BrClF4N5O2/c1-16(5-10(17(21,22)23)30-15(24)28-16)13-9(20)2-3-11(26-13)27-14(29)12-8(19)4-7(18)6-25-12/h2-4,6,10H,5H2,1H3,(H2,24,28)(H,26,27,29). The minimum atomic E-state index is -4.74. The molecule has 3 rings (SSSR count). The molecule has 0 saturated carbocycles. The van der Waals surface area contributed by atoms with Gasteiger partial charge in [0.1, 0.15) is 28.6 Å². The van der Waals surface area contributed by atoms with Crippen LogP contribution in [0.1, 0.15) is 29.5 Å². The van der Waals surface area contributed by atoms with Gasteiger partial charge < -0.3 is 15.8 Å². The number of pyridine rings is 2. The normalized spacial score (nSPS) is 21.6. The van der Waals surface area contributed by atoms with Gasteiger partial charge in [0, 0.05) is 17.1 Å². The van der Waals surface area contributed by atoms with Crippen LogP contribution in [0.3, 0.4) is 0 Å². The summed E-state index contributed by atoms with van der Waals surface area (Å²) in [4.78, 5) is 24.1. The molecule has 13 heteroatoms. The van der Waals surface area contributed by atoms with Gasteiger partial charge in [-0.3, -0.25) is 4.79 Å². The molecule has 0 spiro atoms. The van der Waals surface area contributed by atoms with Crippen LogP contribution in [0.15, 0.2) is 33.9 Å². The van der Waals surface area contributed by atoms with Gasteiger partial charge in [-0.2, -0.15) is 13.2 Å². The maximum Gasteiger partial charge on any atom is 0.425 e. The van der Waals surface area contributed by atoms with Crippen LogP contribution in [0.2, 0.25) is 5.02 Å². The average Bonchev–Trinajstić information content (AvgIpc) is 2.61. The average molecular weight is 511 g/mol. The molecule has 0 saturated heterocycles. The van der Waals surface area contributed by atoms with Gasteiger partial charge in [-0.05, 0) is 41.1 Å². The number of aliphatic imine (C=N–C) groups is 1. The number of halogens is 6. The molecular weight excluding hydrogens is 498 g/mol. The molecule has 1 aliphatic rings. The van der Waals surface area contributed by atoms with E-state index in [2.05, 4.69) is 40.9 Å². The van der Waals surface area contributed by atoms with Crippen LogP contribution >= 0.6 is 27.5 Å². The molecule has 0 aliphatic carbocycles. The van der Waals surface area contributed by atoms with Crippen molar-refractivity contribution in [3.05, 3.63) is 51.1 Å². The molecule has 3 heterocycles. The summed E-state index contributed by atoms with van der Waals surface area (Å²) in [5.74, 6) is -1.80. The molecule has 0 bridgehead atoms. The van der Waals surface area contributed by atoms with Gasteiger partial charge in [0.05, 0.1) is 5.02 Å². The summed E-state index contributed by atoms with van der Waals surface area (Å²) in [5.41, 5.74) is 3.06. The molecule has 160 valence electrons. The SMILES string of the molecule is CC1(c2nc(NC(=O)c3ncc(Br)cc3Cl)ccc2F)CC(C(F)(F)F)OC(N)=N1. The summed E-state index contributed by atoms with van der Waals surface area (Å²) in [5, 5.41) is 2.43. The molecule has 7 nitrogen and oxygen atoms in total.